The molecular weight excluding hydrogens is 282 g/mol. The molecule has 112 valence electrons. The van der Waals surface area contributed by atoms with Gasteiger partial charge in [0, 0.05) is 6.04 Å². The molecule has 4 N–H and O–H groups in total. The van der Waals surface area contributed by atoms with Crippen molar-refractivity contribution in [3.8, 4) is 5.75 Å². The molecule has 1 rings (SSSR count). The van der Waals surface area contributed by atoms with Crippen molar-refractivity contribution < 1.29 is 17.9 Å². The van der Waals surface area contributed by atoms with E-state index in [0.717, 1.165) is 0 Å². The van der Waals surface area contributed by atoms with Crippen molar-refractivity contribution in [3.05, 3.63) is 18.2 Å². The third-order valence-corrected chi connectivity index (χ3v) is 3.78. The van der Waals surface area contributed by atoms with Crippen molar-refractivity contribution in [2.24, 2.45) is 0 Å². The highest BCUT2D eigenvalue weighted by atomic mass is 32.2. The quantitative estimate of drug-likeness (QED) is 0.644. The van der Waals surface area contributed by atoms with Crippen LogP contribution in [0.2, 0.25) is 0 Å². The summed E-state index contributed by atoms with van der Waals surface area (Å²) in [5.41, 5.74) is 5.86. The number of carbonyl (C=O) groups excluding carboxylic acids is 1. The van der Waals surface area contributed by atoms with E-state index in [1.807, 2.05) is 0 Å². The summed E-state index contributed by atoms with van der Waals surface area (Å²) in [4.78, 5) is 11.4. The Morgan fingerprint density at radius 3 is 2.55 bits per heavy atom. The van der Waals surface area contributed by atoms with Crippen LogP contribution >= 0.6 is 0 Å². The second kappa shape index (κ2) is 6.58. The third-order valence-electron chi connectivity index (χ3n) is 2.38. The van der Waals surface area contributed by atoms with E-state index in [-0.39, 0.29) is 23.2 Å². The highest BCUT2D eigenvalue weighted by Crippen LogP contribution is 2.24. The second-order valence-electron chi connectivity index (χ2n) is 4.45. The molecule has 0 saturated carbocycles. The molecule has 0 aliphatic carbocycles. The highest BCUT2D eigenvalue weighted by Gasteiger charge is 2.17. The van der Waals surface area contributed by atoms with E-state index >= 15 is 0 Å². The van der Waals surface area contributed by atoms with E-state index in [9.17, 15) is 13.2 Å². The Kier molecular flexibility index (Phi) is 5.34. The summed E-state index contributed by atoms with van der Waals surface area (Å²) < 4.78 is 31.1. The van der Waals surface area contributed by atoms with Gasteiger partial charge in [0.2, 0.25) is 15.9 Å². The van der Waals surface area contributed by atoms with Crippen LogP contribution in [-0.2, 0) is 14.8 Å². The average Bonchev–Trinajstić information content (AvgIpc) is 2.35. The van der Waals surface area contributed by atoms with Gasteiger partial charge in [-0.25, -0.2) is 13.1 Å². The maximum atomic E-state index is 12.0. The first kappa shape index (κ1) is 16.3. The summed E-state index contributed by atoms with van der Waals surface area (Å²) in [5.74, 6) is -0.00782. The zero-order valence-electron chi connectivity index (χ0n) is 11.6. The number of nitrogens with one attached hydrogen (secondary N) is 2. The monoisotopic (exact) mass is 301 g/mol. The van der Waals surface area contributed by atoms with Crippen molar-refractivity contribution >= 4 is 21.6 Å². The Labute approximate surface area is 118 Å². The average molecular weight is 301 g/mol. The van der Waals surface area contributed by atoms with Gasteiger partial charge in [-0.3, -0.25) is 4.79 Å². The van der Waals surface area contributed by atoms with E-state index in [2.05, 4.69) is 10.0 Å². The number of nitrogen functional groups attached to an aromatic ring is 1. The second-order valence-corrected chi connectivity index (χ2v) is 6.22. The number of methoxy groups -OCH3 is 1. The van der Waals surface area contributed by atoms with Gasteiger partial charge in [0.25, 0.3) is 0 Å². The van der Waals surface area contributed by atoms with Gasteiger partial charge < -0.3 is 15.8 Å². The molecule has 0 atom stereocenters. The molecule has 0 radical (unpaired) electrons. The molecule has 0 aliphatic heterocycles. The van der Waals surface area contributed by atoms with Crippen molar-refractivity contribution in [1.82, 2.24) is 10.0 Å². The number of sulfonamides is 1. The molecule has 1 aromatic carbocycles. The molecule has 0 saturated heterocycles. The fourth-order valence-corrected chi connectivity index (χ4v) is 2.51. The number of nitrogens with two attached hydrogens (primary N) is 1. The fourth-order valence-electron chi connectivity index (χ4n) is 1.50. The van der Waals surface area contributed by atoms with Crippen LogP contribution in [0, 0.1) is 0 Å². The summed E-state index contributed by atoms with van der Waals surface area (Å²) in [6.07, 6.45) is 0. The number of ether oxygens (including phenoxy) is 1. The number of rotatable bonds is 6. The molecule has 0 aliphatic rings. The Morgan fingerprint density at radius 2 is 2.05 bits per heavy atom. The SMILES string of the molecule is COc1ccc(S(=O)(=O)NCC(=O)NC(C)C)cc1N. The summed E-state index contributed by atoms with van der Waals surface area (Å²) in [6.45, 7) is 3.25. The lowest BCUT2D eigenvalue weighted by atomic mass is 10.3. The molecule has 0 aromatic heterocycles. The standard InChI is InChI=1S/C12H19N3O4S/c1-8(2)15-12(16)7-14-20(17,18)9-4-5-11(19-3)10(13)6-9/h4-6,8,14H,7,13H2,1-3H3,(H,15,16). The van der Waals surface area contributed by atoms with Crippen LogP contribution in [0.3, 0.4) is 0 Å². The first-order valence-corrected chi connectivity index (χ1v) is 7.47. The van der Waals surface area contributed by atoms with Crippen LogP contribution < -0.4 is 20.5 Å². The normalized spacial score (nSPS) is 11.4. The molecule has 0 heterocycles. The van der Waals surface area contributed by atoms with Gasteiger partial charge in [-0.15, -0.1) is 0 Å². The molecule has 0 bridgehead atoms. The minimum Gasteiger partial charge on any atom is -0.495 e. The predicted molar refractivity (Wildman–Crippen MR) is 75.9 cm³/mol. The number of hydrogen-bond acceptors (Lipinski definition) is 5. The fraction of sp³-hybridized carbons (Fsp3) is 0.417. The number of carbonyl (C=O) groups is 1. The van der Waals surface area contributed by atoms with Gasteiger partial charge in [-0.1, -0.05) is 0 Å². The zero-order chi connectivity index (χ0) is 15.3. The van der Waals surface area contributed by atoms with Crippen molar-refractivity contribution in [2.75, 3.05) is 19.4 Å². The number of anilines is 1. The molecule has 8 heteroatoms. The first-order valence-electron chi connectivity index (χ1n) is 5.99. The Bertz CT molecular complexity index is 584. The summed E-state index contributed by atoms with van der Waals surface area (Å²) in [6, 6.07) is 4.04. The minimum atomic E-state index is -3.79. The lowest BCUT2D eigenvalue weighted by molar-refractivity contribution is -0.120. The minimum absolute atomic E-state index is 0.0202. The van der Waals surface area contributed by atoms with Crippen LogP contribution in [0.15, 0.2) is 23.1 Å². The summed E-state index contributed by atoms with van der Waals surface area (Å²) >= 11 is 0. The molecule has 1 aromatic rings. The molecule has 20 heavy (non-hydrogen) atoms. The summed E-state index contributed by atoms with van der Waals surface area (Å²) in [5, 5.41) is 2.59. The Hall–Kier alpha value is -1.80. The van der Waals surface area contributed by atoms with Gasteiger partial charge in [0.15, 0.2) is 0 Å². The third kappa shape index (κ3) is 4.39. The topological polar surface area (TPSA) is 111 Å². The van der Waals surface area contributed by atoms with E-state index in [0.29, 0.717) is 5.75 Å². The molecule has 1 amide bonds. The van der Waals surface area contributed by atoms with Crippen LogP contribution in [-0.4, -0.2) is 34.0 Å². The lowest BCUT2D eigenvalue weighted by Crippen LogP contribution is -2.39. The molecule has 0 fully saturated rings. The van der Waals surface area contributed by atoms with Gasteiger partial charge in [-0.2, -0.15) is 0 Å². The van der Waals surface area contributed by atoms with E-state index in [4.69, 9.17) is 10.5 Å². The lowest BCUT2D eigenvalue weighted by Gasteiger charge is -2.11. The maximum absolute atomic E-state index is 12.0. The Balaban J connectivity index is 2.79. The van der Waals surface area contributed by atoms with Gasteiger partial charge in [0.05, 0.1) is 24.2 Å². The zero-order valence-corrected chi connectivity index (χ0v) is 12.5. The molecule has 0 unspecified atom stereocenters. The molecular formula is C12H19N3O4S. The van der Waals surface area contributed by atoms with Crippen LogP contribution in [0.1, 0.15) is 13.8 Å². The van der Waals surface area contributed by atoms with E-state index in [1.165, 1.54) is 25.3 Å². The number of hydrogen-bond donors (Lipinski definition) is 3. The van der Waals surface area contributed by atoms with E-state index < -0.39 is 15.9 Å². The summed E-state index contributed by atoms with van der Waals surface area (Å²) in [7, 11) is -2.35. The van der Waals surface area contributed by atoms with Crippen LogP contribution in [0.5, 0.6) is 5.75 Å². The van der Waals surface area contributed by atoms with Crippen molar-refractivity contribution in [1.29, 1.82) is 0 Å². The van der Waals surface area contributed by atoms with E-state index in [1.54, 1.807) is 13.8 Å². The van der Waals surface area contributed by atoms with Gasteiger partial charge in [0.1, 0.15) is 5.75 Å². The molecule has 7 nitrogen and oxygen atoms in total. The van der Waals surface area contributed by atoms with Gasteiger partial charge >= 0.3 is 0 Å². The van der Waals surface area contributed by atoms with Crippen LogP contribution in [0.25, 0.3) is 0 Å². The highest BCUT2D eigenvalue weighted by molar-refractivity contribution is 7.89. The Morgan fingerprint density at radius 1 is 1.40 bits per heavy atom. The van der Waals surface area contributed by atoms with Crippen LogP contribution in [0.4, 0.5) is 5.69 Å². The van der Waals surface area contributed by atoms with Crippen molar-refractivity contribution in [2.45, 2.75) is 24.8 Å². The largest absolute Gasteiger partial charge is 0.495 e. The first-order chi connectivity index (χ1) is 9.26. The predicted octanol–water partition coefficient (Wildman–Crippen LogP) is 0.0803. The maximum Gasteiger partial charge on any atom is 0.241 e. The molecule has 0 spiro atoms. The number of benzene rings is 1. The smallest absolute Gasteiger partial charge is 0.241 e. The number of amides is 1. The van der Waals surface area contributed by atoms with Gasteiger partial charge in [-0.05, 0) is 32.0 Å². The van der Waals surface area contributed by atoms with Crippen molar-refractivity contribution in [3.63, 3.8) is 0 Å².